The Hall–Kier alpha value is -1.29. The fourth-order valence-corrected chi connectivity index (χ4v) is 11.9. The zero-order valence-electron chi connectivity index (χ0n) is 18.5. The van der Waals surface area contributed by atoms with Gasteiger partial charge in [-0.05, 0) is 65.2 Å². The number of aromatic nitrogens is 1. The summed E-state index contributed by atoms with van der Waals surface area (Å²) in [6.07, 6.45) is 11.7. The minimum atomic E-state index is -1.74. The molecule has 0 fully saturated rings. The van der Waals surface area contributed by atoms with Gasteiger partial charge in [-0.2, -0.15) is 0 Å². The summed E-state index contributed by atoms with van der Waals surface area (Å²) in [5.41, 5.74) is 5.85. The Balaban J connectivity index is 2.40. The molecule has 0 aromatic carbocycles. The maximum atomic E-state index is 12.2. The molecular formula is C23H39NO2Si. The summed E-state index contributed by atoms with van der Waals surface area (Å²) in [7, 11) is -1.74. The largest absolute Gasteiger partial charge is 0.463 e. The summed E-state index contributed by atoms with van der Waals surface area (Å²) in [4.78, 5) is 12.2. The highest BCUT2D eigenvalue weighted by Crippen LogP contribution is 2.44. The third-order valence-electron chi connectivity index (χ3n) is 6.40. The second-order valence-corrected chi connectivity index (χ2v) is 14.8. The molecule has 4 heteroatoms. The Morgan fingerprint density at radius 3 is 2.30 bits per heavy atom. The second kappa shape index (κ2) is 9.27. The number of carbonyl (C=O) groups excluding carboxylic acids is 1. The van der Waals surface area contributed by atoms with Gasteiger partial charge in [0.25, 0.3) is 0 Å². The molecule has 0 amide bonds. The van der Waals surface area contributed by atoms with Gasteiger partial charge in [0.05, 0.1) is 6.61 Å². The Bertz CT molecular complexity index is 648. The maximum absolute atomic E-state index is 12.2. The predicted octanol–water partition coefficient (Wildman–Crippen LogP) is 6.57. The minimum Gasteiger partial charge on any atom is -0.463 e. The third-order valence-corrected chi connectivity index (χ3v) is 13.1. The molecule has 1 aromatic heterocycles. The van der Waals surface area contributed by atoms with Crippen LogP contribution in [0.25, 0.3) is 5.57 Å². The molecule has 1 aromatic rings. The van der Waals surface area contributed by atoms with Gasteiger partial charge < -0.3 is 8.97 Å². The van der Waals surface area contributed by atoms with Crippen molar-refractivity contribution in [1.82, 2.24) is 4.23 Å². The number of esters is 1. The number of nitrogens with zero attached hydrogens (tertiary/aromatic N) is 1. The zero-order chi connectivity index (χ0) is 20.2. The van der Waals surface area contributed by atoms with Gasteiger partial charge in [-0.15, -0.1) is 0 Å². The molecule has 1 aliphatic rings. The van der Waals surface area contributed by atoms with Gasteiger partial charge in [0.2, 0.25) is 0 Å². The van der Waals surface area contributed by atoms with Gasteiger partial charge in [-0.3, -0.25) is 0 Å². The first-order valence-electron chi connectivity index (χ1n) is 10.8. The molecule has 2 rings (SSSR count). The van der Waals surface area contributed by atoms with E-state index in [9.17, 15) is 4.79 Å². The minimum absolute atomic E-state index is 0.181. The highest BCUT2D eigenvalue weighted by Gasteiger charge is 2.45. The molecule has 0 radical (unpaired) electrons. The number of aryl methyl sites for hydroxylation is 1. The van der Waals surface area contributed by atoms with Crippen LogP contribution in [0.3, 0.4) is 0 Å². The van der Waals surface area contributed by atoms with E-state index in [1.54, 1.807) is 6.08 Å². The Morgan fingerprint density at radius 1 is 1.11 bits per heavy atom. The van der Waals surface area contributed by atoms with Gasteiger partial charge in [0, 0.05) is 12.3 Å². The van der Waals surface area contributed by atoms with E-state index < -0.39 is 8.24 Å². The van der Waals surface area contributed by atoms with E-state index in [4.69, 9.17) is 4.74 Å². The molecule has 0 aliphatic heterocycles. The first-order chi connectivity index (χ1) is 12.7. The summed E-state index contributed by atoms with van der Waals surface area (Å²) in [6, 6.07) is 0. The Kier molecular flexibility index (Phi) is 7.55. The predicted molar refractivity (Wildman–Crippen MR) is 118 cm³/mol. The number of allylic oxidation sites excluding steroid dienone is 1. The number of hydrogen-bond acceptors (Lipinski definition) is 2. The van der Waals surface area contributed by atoms with E-state index in [1.807, 2.05) is 0 Å². The van der Waals surface area contributed by atoms with Gasteiger partial charge >= 0.3 is 5.97 Å². The number of rotatable bonds is 8. The van der Waals surface area contributed by atoms with E-state index in [0.29, 0.717) is 23.2 Å². The van der Waals surface area contributed by atoms with Crippen molar-refractivity contribution in [3.05, 3.63) is 29.6 Å². The van der Waals surface area contributed by atoms with E-state index in [1.165, 1.54) is 11.1 Å². The quantitative estimate of drug-likeness (QED) is 0.218. The van der Waals surface area contributed by atoms with Crippen LogP contribution in [0.15, 0.2) is 18.5 Å². The van der Waals surface area contributed by atoms with Crippen molar-refractivity contribution < 1.29 is 9.53 Å². The second-order valence-electron chi connectivity index (χ2n) is 9.00. The van der Waals surface area contributed by atoms with Crippen LogP contribution >= 0.6 is 0 Å². The highest BCUT2D eigenvalue weighted by molar-refractivity contribution is 6.82. The van der Waals surface area contributed by atoms with Crippen molar-refractivity contribution in [1.29, 1.82) is 0 Å². The third kappa shape index (κ3) is 4.42. The lowest BCUT2D eigenvalue weighted by molar-refractivity contribution is -0.137. The van der Waals surface area contributed by atoms with Crippen LogP contribution < -0.4 is 0 Å². The molecule has 0 atom stereocenters. The number of ether oxygens (including phenoxy) is 1. The van der Waals surface area contributed by atoms with E-state index >= 15 is 0 Å². The summed E-state index contributed by atoms with van der Waals surface area (Å²) in [5, 5.41) is 0. The molecule has 0 N–H and O–H groups in total. The molecule has 3 nitrogen and oxygen atoms in total. The molecular weight excluding hydrogens is 350 g/mol. The smallest absolute Gasteiger partial charge is 0.331 e. The fourth-order valence-electron chi connectivity index (χ4n) is 5.36. The lowest BCUT2D eigenvalue weighted by Gasteiger charge is -2.44. The number of carbonyl (C=O) groups is 1. The molecule has 0 unspecified atom stereocenters. The number of unbranched alkanes of at least 4 members (excludes halogenated alkanes) is 1. The monoisotopic (exact) mass is 389 g/mol. The van der Waals surface area contributed by atoms with Crippen LogP contribution in [-0.4, -0.2) is 25.0 Å². The maximum Gasteiger partial charge on any atom is 0.331 e. The van der Waals surface area contributed by atoms with Crippen molar-refractivity contribution in [2.24, 2.45) is 0 Å². The van der Waals surface area contributed by atoms with Crippen molar-refractivity contribution in [3.8, 4) is 0 Å². The van der Waals surface area contributed by atoms with Crippen LogP contribution in [0, 0.1) is 0 Å². The van der Waals surface area contributed by atoms with E-state index in [-0.39, 0.29) is 5.97 Å². The summed E-state index contributed by atoms with van der Waals surface area (Å²) in [5.74, 6) is -0.181. The molecule has 0 saturated carbocycles. The average molecular weight is 390 g/mol. The van der Waals surface area contributed by atoms with Crippen LogP contribution in [-0.2, 0) is 16.0 Å². The average Bonchev–Trinajstić information content (AvgIpc) is 2.99. The zero-order valence-corrected chi connectivity index (χ0v) is 19.5. The van der Waals surface area contributed by atoms with Crippen LogP contribution in [0.2, 0.25) is 16.6 Å². The highest BCUT2D eigenvalue weighted by atomic mass is 28.3. The van der Waals surface area contributed by atoms with Crippen molar-refractivity contribution in [2.45, 2.75) is 97.2 Å². The first kappa shape index (κ1) is 22.0. The molecule has 0 bridgehead atoms. The van der Waals surface area contributed by atoms with E-state index in [0.717, 1.165) is 37.7 Å². The van der Waals surface area contributed by atoms with Gasteiger partial charge in [-0.1, -0.05) is 54.9 Å². The van der Waals surface area contributed by atoms with Crippen LogP contribution in [0.4, 0.5) is 0 Å². The Labute approximate surface area is 167 Å². The topological polar surface area (TPSA) is 31.2 Å². The number of hydrogen-bond donors (Lipinski definition) is 0. The standard InChI is InChI=1S/C23H39NO2Si/c1-8-9-13-26-23(25)14-20-11-10-12-21-15-24(16-22(20)21)27(17(2)3,18(4)5)19(6)7/h14-19H,8-13H2,1-7H3/b20-14+. The molecule has 1 heterocycles. The molecule has 152 valence electrons. The van der Waals surface area contributed by atoms with Crippen molar-refractivity contribution in [3.63, 3.8) is 0 Å². The SMILES string of the molecule is CCCCOC(=O)/C=C1\CCCc2cn([Si](C(C)C)(C(C)C)C(C)C)cc21. The van der Waals surface area contributed by atoms with Crippen LogP contribution in [0.5, 0.6) is 0 Å². The van der Waals surface area contributed by atoms with Crippen LogP contribution in [0.1, 0.15) is 85.3 Å². The fraction of sp³-hybridized carbons (Fsp3) is 0.696. The normalized spacial score (nSPS) is 16.4. The molecule has 1 aliphatic carbocycles. The summed E-state index contributed by atoms with van der Waals surface area (Å²) < 4.78 is 7.99. The first-order valence-corrected chi connectivity index (χ1v) is 13.0. The molecule has 0 saturated heterocycles. The lowest BCUT2D eigenvalue weighted by Crippen LogP contribution is -2.51. The van der Waals surface area contributed by atoms with Gasteiger partial charge in [0.1, 0.15) is 0 Å². The summed E-state index contributed by atoms with van der Waals surface area (Å²) >= 11 is 0. The van der Waals surface area contributed by atoms with Gasteiger partial charge in [-0.25, -0.2) is 4.79 Å². The van der Waals surface area contributed by atoms with Gasteiger partial charge in [0.15, 0.2) is 8.24 Å². The molecule has 0 spiro atoms. The number of fused-ring (bicyclic) bond motifs is 1. The van der Waals surface area contributed by atoms with Crippen molar-refractivity contribution in [2.75, 3.05) is 6.61 Å². The summed E-state index contributed by atoms with van der Waals surface area (Å²) in [6.45, 7) is 17.0. The lowest BCUT2D eigenvalue weighted by atomic mass is 9.90. The molecule has 27 heavy (non-hydrogen) atoms. The Morgan fingerprint density at radius 2 is 1.74 bits per heavy atom. The van der Waals surface area contributed by atoms with Crippen molar-refractivity contribution >= 4 is 19.8 Å². The van der Waals surface area contributed by atoms with E-state index in [2.05, 4.69) is 65.1 Å².